The topological polar surface area (TPSA) is 247 Å². The van der Waals surface area contributed by atoms with Gasteiger partial charge in [0.15, 0.2) is 0 Å². The summed E-state index contributed by atoms with van der Waals surface area (Å²) in [6.45, 7) is 0. The summed E-state index contributed by atoms with van der Waals surface area (Å²) in [6.07, 6.45) is 2.48. The van der Waals surface area contributed by atoms with Crippen LogP contribution in [0.5, 0.6) is 35.5 Å². The van der Waals surface area contributed by atoms with Crippen LogP contribution in [0.3, 0.4) is 0 Å². The van der Waals surface area contributed by atoms with Crippen molar-refractivity contribution in [1.29, 1.82) is 0 Å². The first-order valence-corrected chi connectivity index (χ1v) is 18.3. The molecule has 2 heterocycles. The molecule has 0 aliphatic heterocycles. The molecule has 6 aromatic rings. The van der Waals surface area contributed by atoms with Crippen LogP contribution in [0.15, 0.2) is 107 Å². The summed E-state index contributed by atoms with van der Waals surface area (Å²) < 4.78 is 91.7. The highest BCUT2D eigenvalue weighted by atomic mass is 32.2. The minimum atomic E-state index is -4.83. The molecule has 20 heteroatoms. The summed E-state index contributed by atoms with van der Waals surface area (Å²) in [5, 5.41) is 5.65. The minimum Gasteiger partial charge on any atom is -0.467 e. The molecule has 0 fully saturated rings. The van der Waals surface area contributed by atoms with E-state index in [1.54, 1.807) is 60.7 Å². The fourth-order valence-electron chi connectivity index (χ4n) is 4.63. The molecule has 18 nitrogen and oxygen atoms in total. The summed E-state index contributed by atoms with van der Waals surface area (Å²) in [5.41, 5.74) is 0.215. The fraction of sp³-hybridized carbons (Fsp3) is 0.0588. The van der Waals surface area contributed by atoms with Crippen molar-refractivity contribution in [2.24, 2.45) is 0 Å². The van der Waals surface area contributed by atoms with Crippen LogP contribution in [0.4, 0.5) is 23.3 Å². The first-order valence-electron chi connectivity index (χ1n) is 15.4. The van der Waals surface area contributed by atoms with Crippen molar-refractivity contribution in [2.45, 2.75) is 9.79 Å². The number of rotatable bonds is 14. The molecule has 276 valence electrons. The molecule has 0 saturated carbocycles. The summed E-state index contributed by atoms with van der Waals surface area (Å²) >= 11 is 0. The molecular formula is C34H28N8O10S2. The van der Waals surface area contributed by atoms with Gasteiger partial charge in [-0.15, -0.1) is 9.97 Å². The Hall–Kier alpha value is -6.74. The minimum absolute atomic E-state index is 0.0314. The summed E-state index contributed by atoms with van der Waals surface area (Å²) in [4.78, 5) is 23.6. The number of nitrogens with one attached hydrogen (secondary N) is 2. The molecule has 0 saturated heterocycles. The molecule has 0 unspecified atom stereocenters. The average molecular weight is 773 g/mol. The molecule has 0 spiro atoms. The highest BCUT2D eigenvalue weighted by Crippen LogP contribution is 2.29. The van der Waals surface area contributed by atoms with Gasteiger partial charge in [0.2, 0.25) is 11.9 Å². The number of anilines is 4. The van der Waals surface area contributed by atoms with Gasteiger partial charge in [-0.1, -0.05) is 60.7 Å². The van der Waals surface area contributed by atoms with Crippen molar-refractivity contribution in [1.82, 2.24) is 29.9 Å². The average Bonchev–Trinajstić information content (AvgIpc) is 3.14. The van der Waals surface area contributed by atoms with E-state index in [0.717, 1.165) is 12.1 Å². The zero-order valence-electron chi connectivity index (χ0n) is 28.1. The van der Waals surface area contributed by atoms with E-state index in [4.69, 9.17) is 18.9 Å². The van der Waals surface area contributed by atoms with Crippen LogP contribution in [0.25, 0.3) is 12.2 Å². The van der Waals surface area contributed by atoms with Gasteiger partial charge in [-0.05, 0) is 59.7 Å². The molecule has 6 rings (SSSR count). The third-order valence-corrected chi connectivity index (χ3v) is 8.81. The maximum absolute atomic E-state index is 12.5. The number of hydrogen-bond acceptors (Lipinski definition) is 16. The molecule has 54 heavy (non-hydrogen) atoms. The van der Waals surface area contributed by atoms with Crippen molar-refractivity contribution in [3.8, 4) is 35.5 Å². The Morgan fingerprint density at radius 2 is 0.889 bits per heavy atom. The van der Waals surface area contributed by atoms with Crippen LogP contribution in [-0.4, -0.2) is 70.1 Å². The molecule has 2 aromatic heterocycles. The third-order valence-electron chi connectivity index (χ3n) is 7.00. The van der Waals surface area contributed by atoms with E-state index < -0.39 is 30.0 Å². The van der Waals surface area contributed by atoms with Gasteiger partial charge in [0, 0.05) is 11.4 Å². The van der Waals surface area contributed by atoms with Gasteiger partial charge in [0.1, 0.15) is 21.3 Å². The zero-order chi connectivity index (χ0) is 38.3. The molecule has 0 radical (unpaired) electrons. The largest absolute Gasteiger partial charge is 0.467 e. The Labute approximate surface area is 308 Å². The Bertz CT molecular complexity index is 2370. The smallest absolute Gasteiger partial charge is 0.330 e. The van der Waals surface area contributed by atoms with Crippen molar-refractivity contribution >= 4 is 55.7 Å². The molecule has 0 amide bonds. The van der Waals surface area contributed by atoms with Gasteiger partial charge in [0.05, 0.1) is 14.2 Å². The monoisotopic (exact) mass is 772 g/mol. The van der Waals surface area contributed by atoms with E-state index in [1.165, 1.54) is 50.6 Å². The quantitative estimate of drug-likeness (QED) is 0.0753. The van der Waals surface area contributed by atoms with Crippen LogP contribution in [0.1, 0.15) is 11.1 Å². The molecule has 0 bridgehead atoms. The van der Waals surface area contributed by atoms with Crippen molar-refractivity contribution in [3.63, 3.8) is 0 Å². The van der Waals surface area contributed by atoms with E-state index >= 15 is 0 Å². The van der Waals surface area contributed by atoms with Crippen molar-refractivity contribution < 1.29 is 44.9 Å². The first-order chi connectivity index (χ1) is 25.9. The van der Waals surface area contributed by atoms with Crippen LogP contribution in [0, 0.1) is 0 Å². The van der Waals surface area contributed by atoms with Crippen molar-refractivity contribution in [2.75, 3.05) is 24.9 Å². The lowest BCUT2D eigenvalue weighted by molar-refractivity contribution is 0.360. The second-order valence-electron chi connectivity index (χ2n) is 10.7. The number of para-hydroxylation sites is 2. The number of ether oxygens (including phenoxy) is 4. The van der Waals surface area contributed by atoms with E-state index in [9.17, 15) is 25.9 Å². The number of methoxy groups -OCH3 is 2. The molecule has 4 aromatic carbocycles. The normalized spacial score (nSPS) is 11.6. The van der Waals surface area contributed by atoms with Crippen molar-refractivity contribution in [3.05, 3.63) is 108 Å². The maximum Gasteiger partial charge on any atom is 0.330 e. The van der Waals surface area contributed by atoms with Crippen LogP contribution >= 0.6 is 0 Å². The predicted octanol–water partition coefficient (Wildman–Crippen LogP) is 5.81. The van der Waals surface area contributed by atoms with E-state index in [-0.39, 0.29) is 58.4 Å². The van der Waals surface area contributed by atoms with Gasteiger partial charge in [0.25, 0.3) is 20.2 Å². The Morgan fingerprint density at radius 1 is 0.519 bits per heavy atom. The third kappa shape index (κ3) is 9.57. The number of benzene rings is 4. The second kappa shape index (κ2) is 15.9. The Balaban J connectivity index is 1.26. The van der Waals surface area contributed by atoms with Gasteiger partial charge in [-0.2, -0.15) is 36.8 Å². The molecular weight excluding hydrogens is 745 g/mol. The number of nitrogens with zero attached hydrogens (tertiary/aromatic N) is 6. The summed E-state index contributed by atoms with van der Waals surface area (Å²) in [5.74, 6) is 0.742. The predicted molar refractivity (Wildman–Crippen MR) is 194 cm³/mol. The van der Waals surface area contributed by atoms with Crippen LogP contribution in [0.2, 0.25) is 0 Å². The second-order valence-corrected chi connectivity index (χ2v) is 13.5. The molecule has 4 N–H and O–H groups in total. The maximum atomic E-state index is 12.5. The number of aromatic nitrogens is 6. The van der Waals surface area contributed by atoms with E-state index in [0.29, 0.717) is 11.5 Å². The van der Waals surface area contributed by atoms with E-state index in [2.05, 4.69) is 40.5 Å². The first kappa shape index (κ1) is 37.0. The van der Waals surface area contributed by atoms with E-state index in [1.807, 2.05) is 0 Å². The summed E-state index contributed by atoms with van der Waals surface area (Å²) in [7, 11) is -6.99. The van der Waals surface area contributed by atoms with Gasteiger partial charge in [-0.3, -0.25) is 9.11 Å². The lowest BCUT2D eigenvalue weighted by Crippen LogP contribution is -2.06. The van der Waals surface area contributed by atoms with Crippen LogP contribution < -0.4 is 29.6 Å². The van der Waals surface area contributed by atoms with Crippen LogP contribution in [-0.2, 0) is 20.2 Å². The standard InChI is InChI=1S/C34H28N8O10S2/c1-49-31-37-29(39-33(41-31)51-25-9-5-3-6-10-25)35-23-17-15-21(27(19-23)53(43,44)45)13-14-22-16-18-24(20-28(22)54(46,47)48)36-30-38-32(50-2)42-34(40-30)52-26-11-7-4-8-12-26/h3-20H,1-2H3,(H,43,44,45)(H,46,47,48)(H,35,37,39,41)(H,36,38,40,42)/b14-13+. The van der Waals surface area contributed by atoms with Gasteiger partial charge in [-0.25, -0.2) is 0 Å². The molecule has 0 atom stereocenters. The molecule has 0 aliphatic carbocycles. The highest BCUT2D eigenvalue weighted by Gasteiger charge is 2.19. The lowest BCUT2D eigenvalue weighted by atomic mass is 10.1. The Kier molecular flexibility index (Phi) is 10.9. The zero-order valence-corrected chi connectivity index (χ0v) is 29.7. The Morgan fingerprint density at radius 3 is 1.24 bits per heavy atom. The molecule has 0 aliphatic rings. The van der Waals surface area contributed by atoms with Gasteiger partial charge < -0.3 is 29.6 Å². The fourth-order valence-corrected chi connectivity index (χ4v) is 6.05. The van der Waals surface area contributed by atoms with Gasteiger partial charge >= 0.3 is 24.0 Å². The highest BCUT2D eigenvalue weighted by molar-refractivity contribution is 7.86. The SMILES string of the molecule is COc1nc(Nc2ccc(/C=C/c3ccc(Nc4nc(OC)nc(Oc5ccccc5)n4)cc3S(=O)(=O)O)c(S(=O)(=O)O)c2)nc(Oc2ccccc2)n1. The number of hydrogen-bond donors (Lipinski definition) is 4. The lowest BCUT2D eigenvalue weighted by Gasteiger charge is -2.11. The summed E-state index contributed by atoms with van der Waals surface area (Å²) in [6, 6.07) is 24.8.